The van der Waals surface area contributed by atoms with Gasteiger partial charge in [-0.25, -0.2) is 4.98 Å². The third-order valence-electron chi connectivity index (χ3n) is 3.18. The molecule has 0 aliphatic carbocycles. The number of nitrogens with one attached hydrogen (secondary N) is 1. The molecule has 3 aromatic rings. The van der Waals surface area contributed by atoms with E-state index in [2.05, 4.69) is 15.0 Å². The van der Waals surface area contributed by atoms with Crippen molar-refractivity contribution in [3.05, 3.63) is 70.8 Å². The molecule has 3 rings (SSSR count). The molecule has 0 radical (unpaired) electrons. The number of hydrogen-bond donors (Lipinski definition) is 1. The van der Waals surface area contributed by atoms with Gasteiger partial charge in [-0.1, -0.05) is 12.1 Å². The smallest absolute Gasteiger partial charge is 0.406 e. The predicted octanol–water partition coefficient (Wildman–Crippen LogP) is 2.85. The van der Waals surface area contributed by atoms with Crippen molar-refractivity contribution in [2.75, 3.05) is 5.32 Å². The summed E-state index contributed by atoms with van der Waals surface area (Å²) in [5.41, 5.74) is -0.425. The molecule has 0 bridgehead atoms. The molecule has 0 unspecified atom stereocenters. The van der Waals surface area contributed by atoms with Crippen LogP contribution in [-0.4, -0.2) is 21.7 Å². The van der Waals surface area contributed by atoms with Crippen LogP contribution in [0.15, 0.2) is 59.7 Å². The van der Waals surface area contributed by atoms with Gasteiger partial charge in [0.05, 0.1) is 0 Å². The van der Waals surface area contributed by atoms with Gasteiger partial charge in [0.25, 0.3) is 11.5 Å². The number of fused-ring (bicyclic) bond motifs is 1. The van der Waals surface area contributed by atoms with E-state index in [4.69, 9.17) is 0 Å². The van der Waals surface area contributed by atoms with Crippen LogP contribution in [0.1, 0.15) is 10.4 Å². The Kier molecular flexibility index (Phi) is 4.14. The number of anilines is 1. The number of ether oxygens (including phenoxy) is 1. The molecule has 1 amide bonds. The Labute approximate surface area is 138 Å². The first-order valence-corrected chi connectivity index (χ1v) is 6.97. The number of alkyl halides is 3. The maximum Gasteiger partial charge on any atom is 0.573 e. The quantitative estimate of drug-likeness (QED) is 0.789. The molecule has 128 valence electrons. The summed E-state index contributed by atoms with van der Waals surface area (Å²) in [5.74, 6) is -1.28. The number of benzene rings is 1. The summed E-state index contributed by atoms with van der Waals surface area (Å²) in [6.07, 6.45) is -2.27. The minimum Gasteiger partial charge on any atom is -0.406 e. The molecule has 1 N–H and O–H groups in total. The monoisotopic (exact) mass is 349 g/mol. The van der Waals surface area contributed by atoms with Gasteiger partial charge >= 0.3 is 6.36 Å². The fraction of sp³-hybridized carbons (Fsp3) is 0.0625. The molecular weight excluding hydrogens is 339 g/mol. The van der Waals surface area contributed by atoms with Crippen molar-refractivity contribution < 1.29 is 22.7 Å². The zero-order valence-corrected chi connectivity index (χ0v) is 12.4. The number of hydrogen-bond acceptors (Lipinski definition) is 4. The second kappa shape index (κ2) is 6.27. The van der Waals surface area contributed by atoms with Gasteiger partial charge in [0, 0.05) is 24.1 Å². The normalized spacial score (nSPS) is 11.3. The average Bonchev–Trinajstić information content (AvgIpc) is 2.54. The number of carbonyl (C=O) groups is 1. The summed E-state index contributed by atoms with van der Waals surface area (Å²) in [4.78, 5) is 28.6. The minimum absolute atomic E-state index is 0.0457. The summed E-state index contributed by atoms with van der Waals surface area (Å²) in [5, 5.41) is 2.35. The van der Waals surface area contributed by atoms with Crippen molar-refractivity contribution in [1.82, 2.24) is 9.38 Å². The van der Waals surface area contributed by atoms with Crippen molar-refractivity contribution in [3.8, 4) is 5.75 Å². The Morgan fingerprint density at radius 2 is 1.96 bits per heavy atom. The van der Waals surface area contributed by atoms with E-state index in [-0.39, 0.29) is 11.3 Å². The lowest BCUT2D eigenvalue weighted by atomic mass is 10.2. The molecule has 0 fully saturated rings. The first kappa shape index (κ1) is 16.5. The zero-order valence-electron chi connectivity index (χ0n) is 12.4. The molecule has 2 heterocycles. The third-order valence-corrected chi connectivity index (χ3v) is 3.18. The van der Waals surface area contributed by atoms with Crippen LogP contribution in [0.3, 0.4) is 0 Å². The average molecular weight is 349 g/mol. The SMILES string of the molecule is O=C(Nc1cccc(OC(F)(F)F)c1)c1cnc2ccccn2c1=O. The summed E-state index contributed by atoms with van der Waals surface area (Å²) >= 11 is 0. The van der Waals surface area contributed by atoms with E-state index in [9.17, 15) is 22.8 Å². The van der Waals surface area contributed by atoms with Crippen LogP contribution < -0.4 is 15.6 Å². The highest BCUT2D eigenvalue weighted by molar-refractivity contribution is 6.04. The molecule has 0 spiro atoms. The molecular formula is C16H10F3N3O3. The summed E-state index contributed by atoms with van der Waals surface area (Å²) in [6.45, 7) is 0. The molecule has 0 aliphatic rings. The number of pyridine rings is 1. The zero-order chi connectivity index (χ0) is 18.0. The van der Waals surface area contributed by atoms with Gasteiger partial charge in [0.15, 0.2) is 0 Å². The van der Waals surface area contributed by atoms with Crippen LogP contribution in [-0.2, 0) is 0 Å². The topological polar surface area (TPSA) is 72.7 Å². The second-order valence-electron chi connectivity index (χ2n) is 4.94. The lowest BCUT2D eigenvalue weighted by molar-refractivity contribution is -0.274. The largest absolute Gasteiger partial charge is 0.573 e. The number of aromatic nitrogens is 2. The van der Waals surface area contributed by atoms with Gasteiger partial charge in [-0.05, 0) is 24.3 Å². The van der Waals surface area contributed by atoms with E-state index < -0.39 is 23.6 Å². The first-order chi connectivity index (χ1) is 11.8. The molecule has 0 saturated carbocycles. The van der Waals surface area contributed by atoms with Crippen LogP contribution in [0.2, 0.25) is 0 Å². The van der Waals surface area contributed by atoms with Gasteiger partial charge in [0.2, 0.25) is 0 Å². The van der Waals surface area contributed by atoms with Crippen LogP contribution in [0.5, 0.6) is 5.75 Å². The lowest BCUT2D eigenvalue weighted by Gasteiger charge is -2.10. The van der Waals surface area contributed by atoms with E-state index in [0.29, 0.717) is 5.65 Å². The van der Waals surface area contributed by atoms with Crippen molar-refractivity contribution in [3.63, 3.8) is 0 Å². The minimum atomic E-state index is -4.84. The number of halogens is 3. The van der Waals surface area contributed by atoms with Crippen molar-refractivity contribution in [1.29, 1.82) is 0 Å². The Morgan fingerprint density at radius 1 is 1.16 bits per heavy atom. The second-order valence-corrected chi connectivity index (χ2v) is 4.94. The maximum atomic E-state index is 12.3. The van der Waals surface area contributed by atoms with Crippen LogP contribution in [0, 0.1) is 0 Å². The van der Waals surface area contributed by atoms with Crippen molar-refractivity contribution in [2.45, 2.75) is 6.36 Å². The van der Waals surface area contributed by atoms with Gasteiger partial charge in [-0.3, -0.25) is 14.0 Å². The first-order valence-electron chi connectivity index (χ1n) is 6.97. The summed E-state index contributed by atoms with van der Waals surface area (Å²) < 4.78 is 41.7. The van der Waals surface area contributed by atoms with Gasteiger partial charge in [-0.15, -0.1) is 13.2 Å². The highest BCUT2D eigenvalue weighted by atomic mass is 19.4. The van der Waals surface area contributed by atoms with Gasteiger partial charge in [0.1, 0.15) is 17.0 Å². The van der Waals surface area contributed by atoms with Crippen LogP contribution >= 0.6 is 0 Å². The number of carbonyl (C=O) groups excluding carboxylic acids is 1. The summed E-state index contributed by atoms with van der Waals surface area (Å²) in [7, 11) is 0. The standard InChI is InChI=1S/C16H10F3N3O3/c17-16(18,19)25-11-5-3-4-10(8-11)21-14(23)12-9-20-13-6-1-2-7-22(13)15(12)24/h1-9H,(H,21,23). The van der Waals surface area contributed by atoms with Crippen molar-refractivity contribution >= 4 is 17.2 Å². The van der Waals surface area contributed by atoms with Crippen LogP contribution in [0.4, 0.5) is 18.9 Å². The van der Waals surface area contributed by atoms with E-state index in [1.165, 1.54) is 22.7 Å². The Balaban J connectivity index is 1.87. The van der Waals surface area contributed by atoms with Crippen molar-refractivity contribution in [2.24, 2.45) is 0 Å². The van der Waals surface area contributed by atoms with E-state index in [1.807, 2.05) is 0 Å². The highest BCUT2D eigenvalue weighted by Gasteiger charge is 2.31. The van der Waals surface area contributed by atoms with Gasteiger partial charge < -0.3 is 10.1 Å². The maximum absolute atomic E-state index is 12.3. The lowest BCUT2D eigenvalue weighted by Crippen LogP contribution is -2.26. The molecule has 1 aromatic carbocycles. The fourth-order valence-corrected chi connectivity index (χ4v) is 2.15. The molecule has 25 heavy (non-hydrogen) atoms. The fourth-order valence-electron chi connectivity index (χ4n) is 2.15. The van der Waals surface area contributed by atoms with E-state index in [1.54, 1.807) is 18.2 Å². The molecule has 6 nitrogen and oxygen atoms in total. The summed E-state index contributed by atoms with van der Waals surface area (Å²) in [6, 6.07) is 9.63. The van der Waals surface area contributed by atoms with Crippen LogP contribution in [0.25, 0.3) is 5.65 Å². The predicted molar refractivity (Wildman–Crippen MR) is 82.5 cm³/mol. The van der Waals surface area contributed by atoms with Gasteiger partial charge in [-0.2, -0.15) is 0 Å². The highest BCUT2D eigenvalue weighted by Crippen LogP contribution is 2.25. The molecule has 2 aromatic heterocycles. The van der Waals surface area contributed by atoms with E-state index in [0.717, 1.165) is 18.3 Å². The molecule has 0 atom stereocenters. The number of amides is 1. The third kappa shape index (κ3) is 3.77. The van der Waals surface area contributed by atoms with E-state index >= 15 is 0 Å². The molecule has 0 aliphatic heterocycles. The number of rotatable bonds is 3. The molecule has 9 heteroatoms. The Bertz CT molecular complexity index is 999. The Morgan fingerprint density at radius 3 is 2.72 bits per heavy atom. The Hall–Kier alpha value is -3.36. The molecule has 0 saturated heterocycles. The number of nitrogens with zero attached hydrogens (tertiary/aromatic N) is 2.